The molecule has 0 N–H and O–H groups in total. The Morgan fingerprint density at radius 1 is 1.17 bits per heavy atom. The van der Waals surface area contributed by atoms with E-state index in [9.17, 15) is 4.79 Å². The van der Waals surface area contributed by atoms with Gasteiger partial charge in [-0.15, -0.1) is 0 Å². The van der Waals surface area contributed by atoms with E-state index in [0.29, 0.717) is 51.8 Å². The lowest BCUT2D eigenvalue weighted by Gasteiger charge is -2.14. The molecule has 1 aromatic heterocycles. The highest BCUT2D eigenvalue weighted by atomic mass is 79.9. The van der Waals surface area contributed by atoms with Gasteiger partial charge in [-0.05, 0) is 54.8 Å². The van der Waals surface area contributed by atoms with Crippen molar-refractivity contribution < 1.29 is 9.47 Å². The highest BCUT2D eigenvalue weighted by molar-refractivity contribution is 9.10. The smallest absolute Gasteiger partial charge is 0.282 e. The van der Waals surface area contributed by atoms with Crippen LogP contribution < -0.4 is 15.0 Å². The van der Waals surface area contributed by atoms with Crippen molar-refractivity contribution in [3.8, 4) is 11.5 Å². The molecule has 0 saturated carbocycles. The number of methoxy groups -OCH3 is 1. The van der Waals surface area contributed by atoms with Crippen molar-refractivity contribution in [1.29, 1.82) is 0 Å². The zero-order valence-corrected chi connectivity index (χ0v) is 22.8. The largest absolute Gasteiger partial charge is 0.493 e. The van der Waals surface area contributed by atoms with Gasteiger partial charge in [0, 0.05) is 10.9 Å². The van der Waals surface area contributed by atoms with Crippen LogP contribution in [0.1, 0.15) is 42.3 Å². The molecule has 0 aliphatic carbocycles. The third kappa shape index (κ3) is 5.97. The number of fused-ring (bicyclic) bond motifs is 1. The molecule has 0 fully saturated rings. The molecule has 186 valence electrons. The minimum atomic E-state index is -0.222. The van der Waals surface area contributed by atoms with Gasteiger partial charge in [0.2, 0.25) is 0 Å². The number of aryl methyl sites for hydroxylation is 2. The Balaban J connectivity index is 1.67. The maximum absolute atomic E-state index is 13.3. The highest BCUT2D eigenvalue weighted by Gasteiger charge is 2.14. The van der Waals surface area contributed by atoms with E-state index >= 15 is 0 Å². The third-order valence-electron chi connectivity index (χ3n) is 5.67. The molecule has 0 unspecified atom stereocenters. The zero-order chi connectivity index (χ0) is 25.7. The first-order valence-electron chi connectivity index (χ1n) is 11.7. The Morgan fingerprint density at radius 2 is 2.00 bits per heavy atom. The number of ether oxygens (including phenoxy) is 2. The molecule has 0 aliphatic heterocycles. The standard InChI is InChI=1S/C28H27BrClN3O3/c1-4-5-9-26-32-24-11-10-21(29)15-22(24)28(34)33(26)31-16-20-13-23(30)27(25(14-20)35-3)36-17-19-8-6-7-18(2)12-19/h6-8,10-16H,4-5,9,17H2,1-3H3. The minimum Gasteiger partial charge on any atom is -0.493 e. The summed E-state index contributed by atoms with van der Waals surface area (Å²) >= 11 is 10.0. The van der Waals surface area contributed by atoms with Gasteiger partial charge in [0.05, 0.1) is 29.2 Å². The summed E-state index contributed by atoms with van der Waals surface area (Å²) < 4.78 is 13.7. The summed E-state index contributed by atoms with van der Waals surface area (Å²) in [5, 5.41) is 5.39. The third-order valence-corrected chi connectivity index (χ3v) is 6.44. The topological polar surface area (TPSA) is 65.7 Å². The van der Waals surface area contributed by atoms with Gasteiger partial charge in [0.25, 0.3) is 5.56 Å². The van der Waals surface area contributed by atoms with E-state index < -0.39 is 0 Å². The van der Waals surface area contributed by atoms with Crippen molar-refractivity contribution in [3.05, 3.63) is 97.0 Å². The second kappa shape index (κ2) is 11.7. The average molecular weight is 569 g/mol. The summed E-state index contributed by atoms with van der Waals surface area (Å²) in [5.41, 5.74) is 3.29. The van der Waals surface area contributed by atoms with E-state index in [2.05, 4.69) is 34.0 Å². The Labute approximate surface area is 223 Å². The van der Waals surface area contributed by atoms with Gasteiger partial charge in [-0.25, -0.2) is 4.98 Å². The number of benzene rings is 3. The van der Waals surface area contributed by atoms with Crippen molar-refractivity contribution in [2.75, 3.05) is 7.11 Å². The van der Waals surface area contributed by atoms with E-state index in [-0.39, 0.29) is 5.56 Å². The normalized spacial score (nSPS) is 11.4. The average Bonchev–Trinajstić information content (AvgIpc) is 2.86. The van der Waals surface area contributed by atoms with E-state index in [1.165, 1.54) is 4.68 Å². The SMILES string of the molecule is CCCCc1nc2ccc(Br)cc2c(=O)n1N=Cc1cc(Cl)c(OCc2cccc(C)c2)c(OC)c1. The fourth-order valence-electron chi connectivity index (χ4n) is 3.85. The first-order chi connectivity index (χ1) is 17.4. The number of halogens is 2. The quantitative estimate of drug-likeness (QED) is 0.205. The van der Waals surface area contributed by atoms with Crippen molar-refractivity contribution in [3.63, 3.8) is 0 Å². The van der Waals surface area contributed by atoms with Crippen LogP contribution in [0.5, 0.6) is 11.5 Å². The Hall–Kier alpha value is -3.16. The van der Waals surface area contributed by atoms with Crippen LogP contribution in [0.25, 0.3) is 10.9 Å². The van der Waals surface area contributed by atoms with Gasteiger partial charge in [-0.2, -0.15) is 9.78 Å². The van der Waals surface area contributed by atoms with Crippen LogP contribution in [0.2, 0.25) is 5.02 Å². The van der Waals surface area contributed by atoms with Crippen LogP contribution in [0.3, 0.4) is 0 Å². The molecule has 0 bridgehead atoms. The van der Waals surface area contributed by atoms with Crippen LogP contribution in [0.15, 0.2) is 69.0 Å². The number of hydrogen-bond donors (Lipinski definition) is 0. The van der Waals surface area contributed by atoms with Crippen molar-refractivity contribution >= 4 is 44.6 Å². The summed E-state index contributed by atoms with van der Waals surface area (Å²) in [6.45, 7) is 4.49. The summed E-state index contributed by atoms with van der Waals surface area (Å²) in [6, 6.07) is 17.1. The van der Waals surface area contributed by atoms with Crippen LogP contribution >= 0.6 is 27.5 Å². The predicted octanol–water partition coefficient (Wildman–Crippen LogP) is 6.93. The summed E-state index contributed by atoms with van der Waals surface area (Å²) in [5.74, 6) is 1.55. The summed E-state index contributed by atoms with van der Waals surface area (Å²) in [7, 11) is 1.56. The summed E-state index contributed by atoms with van der Waals surface area (Å²) in [6.07, 6.45) is 4.11. The monoisotopic (exact) mass is 567 g/mol. The van der Waals surface area contributed by atoms with Crippen molar-refractivity contribution in [1.82, 2.24) is 9.66 Å². The second-order valence-corrected chi connectivity index (χ2v) is 9.79. The number of hydrogen-bond acceptors (Lipinski definition) is 5. The van der Waals surface area contributed by atoms with Crippen LogP contribution in [-0.4, -0.2) is 23.0 Å². The zero-order valence-electron chi connectivity index (χ0n) is 20.4. The molecule has 0 radical (unpaired) electrons. The maximum Gasteiger partial charge on any atom is 0.282 e. The Kier molecular flexibility index (Phi) is 8.44. The predicted molar refractivity (Wildman–Crippen MR) is 149 cm³/mol. The molecule has 0 amide bonds. The van der Waals surface area contributed by atoms with Gasteiger partial charge in [-0.3, -0.25) is 4.79 Å². The van der Waals surface area contributed by atoms with Crippen LogP contribution in [-0.2, 0) is 13.0 Å². The molecule has 6 nitrogen and oxygen atoms in total. The number of rotatable bonds is 9. The molecule has 1 heterocycles. The first-order valence-corrected chi connectivity index (χ1v) is 12.9. The molecule has 3 aromatic carbocycles. The molecule has 4 rings (SSSR count). The summed E-state index contributed by atoms with van der Waals surface area (Å²) in [4.78, 5) is 18.0. The lowest BCUT2D eigenvalue weighted by atomic mass is 10.1. The Bertz CT molecular complexity index is 1480. The lowest BCUT2D eigenvalue weighted by molar-refractivity contribution is 0.284. The van der Waals surface area contributed by atoms with E-state index in [0.717, 1.165) is 28.4 Å². The Morgan fingerprint density at radius 3 is 2.75 bits per heavy atom. The molecule has 36 heavy (non-hydrogen) atoms. The van der Waals surface area contributed by atoms with Crippen molar-refractivity contribution in [2.24, 2.45) is 5.10 Å². The molecule has 0 atom stereocenters. The van der Waals surface area contributed by atoms with Gasteiger partial charge >= 0.3 is 0 Å². The van der Waals surface area contributed by atoms with Gasteiger partial charge < -0.3 is 9.47 Å². The molecule has 0 saturated heterocycles. The molecule has 0 aliphatic rings. The van der Waals surface area contributed by atoms with Crippen LogP contribution in [0.4, 0.5) is 0 Å². The lowest BCUT2D eigenvalue weighted by Crippen LogP contribution is -2.22. The van der Waals surface area contributed by atoms with E-state index in [1.807, 2.05) is 37.3 Å². The fourth-order valence-corrected chi connectivity index (χ4v) is 4.48. The van der Waals surface area contributed by atoms with E-state index in [4.69, 9.17) is 26.1 Å². The number of nitrogens with zero attached hydrogens (tertiary/aromatic N) is 3. The van der Waals surface area contributed by atoms with Gasteiger partial charge in [-0.1, -0.05) is 70.7 Å². The van der Waals surface area contributed by atoms with Crippen LogP contribution in [0, 0.1) is 6.92 Å². The number of aromatic nitrogens is 2. The number of unbranched alkanes of at least 4 members (excludes halogenated alkanes) is 1. The first kappa shape index (κ1) is 25.9. The molecule has 0 spiro atoms. The van der Waals surface area contributed by atoms with Gasteiger partial charge in [0.15, 0.2) is 11.5 Å². The highest BCUT2D eigenvalue weighted by Crippen LogP contribution is 2.36. The molecular formula is C28H27BrClN3O3. The van der Waals surface area contributed by atoms with E-state index in [1.54, 1.807) is 31.5 Å². The molecular weight excluding hydrogens is 542 g/mol. The van der Waals surface area contributed by atoms with Crippen molar-refractivity contribution in [2.45, 2.75) is 39.7 Å². The fraction of sp³-hybridized carbons (Fsp3) is 0.250. The molecule has 8 heteroatoms. The van der Waals surface area contributed by atoms with Gasteiger partial charge in [0.1, 0.15) is 12.4 Å². The molecule has 4 aromatic rings. The second-order valence-electron chi connectivity index (χ2n) is 8.47. The maximum atomic E-state index is 13.3. The minimum absolute atomic E-state index is 0.222.